The molecule has 2 fully saturated rings. The van der Waals surface area contributed by atoms with Gasteiger partial charge in [0.05, 0.1) is 16.3 Å². The van der Waals surface area contributed by atoms with Gasteiger partial charge in [-0.2, -0.15) is 4.31 Å². The number of amides is 1. The van der Waals surface area contributed by atoms with Crippen LogP contribution in [-0.4, -0.2) is 56.3 Å². The Morgan fingerprint density at radius 2 is 1.79 bits per heavy atom. The summed E-state index contributed by atoms with van der Waals surface area (Å²) in [4.78, 5) is 14.8. The largest absolute Gasteiger partial charge is 0.340 e. The molecule has 2 saturated heterocycles. The molecule has 2 aliphatic rings. The van der Waals surface area contributed by atoms with Crippen LogP contribution in [0.3, 0.4) is 0 Å². The number of rotatable bonds is 4. The zero-order valence-corrected chi connectivity index (χ0v) is 17.7. The number of piperazine rings is 1. The summed E-state index contributed by atoms with van der Waals surface area (Å²) < 4.78 is 40.7. The van der Waals surface area contributed by atoms with Crippen LogP contribution in [0.15, 0.2) is 40.6 Å². The van der Waals surface area contributed by atoms with Crippen molar-refractivity contribution < 1.29 is 17.6 Å². The lowest BCUT2D eigenvalue weighted by Crippen LogP contribution is -2.52. The summed E-state index contributed by atoms with van der Waals surface area (Å²) in [6, 6.07) is 8.87. The van der Waals surface area contributed by atoms with E-state index < -0.39 is 10.0 Å². The Morgan fingerprint density at radius 3 is 2.41 bits per heavy atom. The lowest BCUT2D eigenvalue weighted by Gasteiger charge is -2.35. The Balaban J connectivity index is 1.41. The lowest BCUT2D eigenvalue weighted by molar-refractivity contribution is -0.136. The van der Waals surface area contributed by atoms with Crippen molar-refractivity contribution >= 4 is 38.9 Å². The number of thiophene rings is 1. The van der Waals surface area contributed by atoms with E-state index in [9.17, 15) is 17.6 Å². The Kier molecular flexibility index (Phi) is 5.92. The molecular formula is C18H20ClFN4O3S2. The van der Waals surface area contributed by atoms with E-state index in [1.807, 2.05) is 0 Å². The first kappa shape index (κ1) is 20.7. The average molecular weight is 459 g/mol. The summed E-state index contributed by atoms with van der Waals surface area (Å²) in [6.45, 7) is 1.57. The van der Waals surface area contributed by atoms with Crippen LogP contribution in [0, 0.1) is 11.7 Å². The quantitative estimate of drug-likeness (QED) is 0.730. The van der Waals surface area contributed by atoms with E-state index in [1.165, 1.54) is 22.5 Å². The first-order valence-electron chi connectivity index (χ1n) is 9.14. The Bertz CT molecular complexity index is 991. The number of nitrogens with zero attached hydrogens (tertiary/aromatic N) is 2. The third kappa shape index (κ3) is 4.18. The summed E-state index contributed by atoms with van der Waals surface area (Å²) in [5.74, 6) is -0.722. The van der Waals surface area contributed by atoms with E-state index in [1.54, 1.807) is 23.1 Å². The van der Waals surface area contributed by atoms with Gasteiger partial charge in [0.2, 0.25) is 5.91 Å². The molecule has 2 aliphatic heterocycles. The smallest absolute Gasteiger partial charge is 0.252 e. The van der Waals surface area contributed by atoms with Crippen molar-refractivity contribution in [2.24, 2.45) is 5.92 Å². The van der Waals surface area contributed by atoms with Crippen LogP contribution in [0.25, 0.3) is 0 Å². The maximum Gasteiger partial charge on any atom is 0.252 e. The molecule has 1 aromatic heterocycles. The summed E-state index contributed by atoms with van der Waals surface area (Å²) >= 11 is 6.89. The number of hydrogen-bond acceptors (Lipinski definition) is 6. The average Bonchev–Trinajstić information content (AvgIpc) is 3.38. The van der Waals surface area contributed by atoms with Gasteiger partial charge in [0.15, 0.2) is 0 Å². The molecule has 3 heterocycles. The molecule has 1 amide bonds. The van der Waals surface area contributed by atoms with Gasteiger partial charge in [0.1, 0.15) is 10.0 Å². The number of halogens is 2. The molecule has 2 N–H and O–H groups in total. The van der Waals surface area contributed by atoms with Crippen LogP contribution in [0.2, 0.25) is 4.34 Å². The first-order chi connectivity index (χ1) is 13.9. The topological polar surface area (TPSA) is 81.8 Å². The van der Waals surface area contributed by atoms with E-state index in [0.717, 1.165) is 16.9 Å². The number of nitrogens with one attached hydrogen (secondary N) is 2. The monoisotopic (exact) mass is 458 g/mol. The highest BCUT2D eigenvalue weighted by molar-refractivity contribution is 7.91. The molecule has 4 rings (SSSR count). The highest BCUT2D eigenvalue weighted by Crippen LogP contribution is 2.30. The zero-order valence-electron chi connectivity index (χ0n) is 15.3. The normalized spacial score (nSPS) is 23.4. The molecule has 1 aromatic carbocycles. The van der Waals surface area contributed by atoms with Crippen molar-refractivity contribution in [1.29, 1.82) is 0 Å². The van der Waals surface area contributed by atoms with Gasteiger partial charge >= 0.3 is 0 Å². The van der Waals surface area contributed by atoms with Crippen LogP contribution >= 0.6 is 22.9 Å². The molecule has 7 nitrogen and oxygen atoms in total. The summed E-state index contributed by atoms with van der Waals surface area (Å²) in [6.07, 6.45) is 0. The molecule has 2 unspecified atom stereocenters. The van der Waals surface area contributed by atoms with Gasteiger partial charge in [-0.15, -0.1) is 11.3 Å². The molecule has 0 spiro atoms. The van der Waals surface area contributed by atoms with E-state index in [4.69, 9.17) is 11.6 Å². The number of benzene rings is 1. The van der Waals surface area contributed by atoms with Gasteiger partial charge in [0, 0.05) is 32.7 Å². The minimum atomic E-state index is -3.60. The minimum Gasteiger partial charge on any atom is -0.340 e. The number of sulfonamides is 1. The molecular weight excluding hydrogens is 439 g/mol. The van der Waals surface area contributed by atoms with Crippen molar-refractivity contribution in [3.05, 3.63) is 52.1 Å². The van der Waals surface area contributed by atoms with Crippen molar-refractivity contribution in [3.63, 3.8) is 0 Å². The van der Waals surface area contributed by atoms with Gasteiger partial charge < -0.3 is 4.90 Å². The van der Waals surface area contributed by atoms with Crippen molar-refractivity contribution in [3.8, 4) is 0 Å². The standard InChI is InChI=1S/C18H20ClFN4O3S2/c19-15-5-6-16(28-15)29(26,27)24-9-7-23(8-10-24)18(25)14-11-21-22-17(14)12-1-3-13(20)4-2-12/h1-6,14,17,21-22H,7-11H2. The number of hydrazine groups is 1. The number of carbonyl (C=O) groups excluding carboxylic acids is 1. The van der Waals surface area contributed by atoms with E-state index in [2.05, 4.69) is 10.9 Å². The second-order valence-electron chi connectivity index (χ2n) is 6.95. The molecule has 156 valence electrons. The Morgan fingerprint density at radius 1 is 1.10 bits per heavy atom. The maximum absolute atomic E-state index is 13.2. The third-order valence-corrected chi connectivity index (χ3v) is 8.82. The van der Waals surface area contributed by atoms with Crippen molar-refractivity contribution in [2.75, 3.05) is 32.7 Å². The van der Waals surface area contributed by atoms with Gasteiger partial charge in [0.25, 0.3) is 10.0 Å². The predicted molar refractivity (Wildman–Crippen MR) is 108 cm³/mol. The second-order valence-corrected chi connectivity index (χ2v) is 10.8. The fraction of sp³-hybridized carbons (Fsp3) is 0.389. The lowest BCUT2D eigenvalue weighted by atomic mass is 9.93. The zero-order chi connectivity index (χ0) is 20.6. The molecule has 0 saturated carbocycles. The fourth-order valence-electron chi connectivity index (χ4n) is 3.66. The summed E-state index contributed by atoms with van der Waals surface area (Å²) in [5.41, 5.74) is 6.91. The number of carbonyl (C=O) groups is 1. The van der Waals surface area contributed by atoms with Gasteiger partial charge in [-0.05, 0) is 29.8 Å². The Hall–Kier alpha value is -1.56. The molecule has 0 bridgehead atoms. The van der Waals surface area contributed by atoms with Crippen LogP contribution in [-0.2, 0) is 14.8 Å². The molecule has 11 heteroatoms. The van der Waals surface area contributed by atoms with Gasteiger partial charge in [-0.3, -0.25) is 10.2 Å². The van der Waals surface area contributed by atoms with Crippen molar-refractivity contribution in [2.45, 2.75) is 10.3 Å². The van der Waals surface area contributed by atoms with Crippen molar-refractivity contribution in [1.82, 2.24) is 20.1 Å². The Labute approximate surface area is 177 Å². The third-order valence-electron chi connectivity index (χ3n) is 5.22. The molecule has 0 aliphatic carbocycles. The molecule has 0 radical (unpaired) electrons. The van der Waals surface area contributed by atoms with Gasteiger partial charge in [-0.25, -0.2) is 18.2 Å². The van der Waals surface area contributed by atoms with E-state index >= 15 is 0 Å². The minimum absolute atomic E-state index is 0.0481. The summed E-state index contributed by atoms with van der Waals surface area (Å²) in [5, 5.41) is 0. The van der Waals surface area contributed by atoms with E-state index in [0.29, 0.717) is 24.0 Å². The highest BCUT2D eigenvalue weighted by Gasteiger charge is 2.38. The van der Waals surface area contributed by atoms with Crippen LogP contribution in [0.5, 0.6) is 0 Å². The summed E-state index contributed by atoms with van der Waals surface area (Å²) in [7, 11) is -3.60. The molecule has 2 atom stereocenters. The van der Waals surface area contributed by atoms with Crippen LogP contribution < -0.4 is 10.9 Å². The van der Waals surface area contributed by atoms with Crippen LogP contribution in [0.1, 0.15) is 11.6 Å². The second kappa shape index (κ2) is 8.29. The van der Waals surface area contributed by atoms with Crippen LogP contribution in [0.4, 0.5) is 4.39 Å². The van der Waals surface area contributed by atoms with E-state index in [-0.39, 0.29) is 41.0 Å². The predicted octanol–water partition coefficient (Wildman–Crippen LogP) is 1.84. The first-order valence-corrected chi connectivity index (χ1v) is 11.8. The SMILES string of the molecule is O=C(C1CNNC1c1ccc(F)cc1)N1CCN(S(=O)(=O)c2ccc(Cl)s2)CC1. The molecule has 2 aromatic rings. The maximum atomic E-state index is 13.2. The fourth-order valence-corrected chi connectivity index (χ4v) is 6.72. The molecule has 29 heavy (non-hydrogen) atoms. The number of hydrogen-bond donors (Lipinski definition) is 2. The van der Waals surface area contributed by atoms with Gasteiger partial charge in [-0.1, -0.05) is 23.7 Å². The highest BCUT2D eigenvalue weighted by atomic mass is 35.5.